The number of carbonyl (C=O) groups is 1. The van der Waals surface area contributed by atoms with Crippen molar-refractivity contribution >= 4 is 11.6 Å². The van der Waals surface area contributed by atoms with Crippen LogP contribution in [-0.2, 0) is 4.74 Å². The number of nitrogens with two attached hydrogens (primary N) is 1. The fourth-order valence-corrected chi connectivity index (χ4v) is 2.90. The second-order valence-electron chi connectivity index (χ2n) is 5.65. The zero-order chi connectivity index (χ0) is 15.5. The van der Waals surface area contributed by atoms with Gasteiger partial charge < -0.3 is 20.9 Å². The van der Waals surface area contributed by atoms with Crippen molar-refractivity contribution in [1.82, 2.24) is 5.32 Å². The average molecular weight is 292 g/mol. The Balaban J connectivity index is 2.07. The minimum atomic E-state index is -0.284. The molecule has 0 saturated carbocycles. The lowest BCUT2D eigenvalue weighted by molar-refractivity contribution is -0.0917. The lowest BCUT2D eigenvalue weighted by atomic mass is 9.86. The Labute approximate surface area is 125 Å². The van der Waals surface area contributed by atoms with Crippen LogP contribution in [0.25, 0.3) is 0 Å². The average Bonchev–Trinajstić information content (AvgIpc) is 2.50. The van der Waals surface area contributed by atoms with Crippen molar-refractivity contribution in [3.05, 3.63) is 23.8 Å². The van der Waals surface area contributed by atoms with Crippen LogP contribution < -0.4 is 11.1 Å². The molecule has 2 rings (SSSR count). The lowest BCUT2D eigenvalue weighted by Crippen LogP contribution is -2.48. The zero-order valence-electron chi connectivity index (χ0n) is 12.7. The van der Waals surface area contributed by atoms with Crippen LogP contribution in [0.3, 0.4) is 0 Å². The normalized spacial score (nSPS) is 21.0. The first-order valence-corrected chi connectivity index (χ1v) is 7.53. The molecule has 0 aliphatic carbocycles. The number of amides is 1. The molecular formula is C16H24N2O3. The molecular weight excluding hydrogens is 268 g/mol. The summed E-state index contributed by atoms with van der Waals surface area (Å²) in [6.07, 6.45) is 3.45. The van der Waals surface area contributed by atoms with Gasteiger partial charge in [-0.05, 0) is 37.8 Å². The molecule has 1 atom stereocenters. The molecule has 1 heterocycles. The number of nitrogens with one attached hydrogen (secondary N) is 1. The monoisotopic (exact) mass is 292 g/mol. The van der Waals surface area contributed by atoms with Gasteiger partial charge in [-0.3, -0.25) is 4.79 Å². The molecule has 116 valence electrons. The van der Waals surface area contributed by atoms with Gasteiger partial charge in [-0.25, -0.2) is 0 Å². The van der Waals surface area contributed by atoms with Gasteiger partial charge >= 0.3 is 0 Å². The third-order valence-corrected chi connectivity index (χ3v) is 4.43. The maximum Gasteiger partial charge on any atom is 0.255 e. The quantitative estimate of drug-likeness (QED) is 0.588. The highest BCUT2D eigenvalue weighted by Crippen LogP contribution is 2.32. The van der Waals surface area contributed by atoms with Crippen LogP contribution in [0.5, 0.6) is 5.75 Å². The van der Waals surface area contributed by atoms with Gasteiger partial charge in [0.1, 0.15) is 0 Å². The summed E-state index contributed by atoms with van der Waals surface area (Å²) in [4.78, 5) is 12.3. The molecule has 1 aliphatic rings. The smallest absolute Gasteiger partial charge is 0.255 e. The van der Waals surface area contributed by atoms with Gasteiger partial charge in [-0.2, -0.15) is 0 Å². The SMILES string of the molecule is CCC1(CC)CC(NC(=O)c2cccc(N)c2O)CCO1. The second-order valence-corrected chi connectivity index (χ2v) is 5.65. The maximum absolute atomic E-state index is 12.3. The van der Waals surface area contributed by atoms with E-state index in [2.05, 4.69) is 19.2 Å². The van der Waals surface area contributed by atoms with Gasteiger partial charge in [0.15, 0.2) is 5.75 Å². The minimum Gasteiger partial charge on any atom is -0.505 e. The number of benzene rings is 1. The topological polar surface area (TPSA) is 84.6 Å². The predicted molar refractivity (Wildman–Crippen MR) is 82.3 cm³/mol. The molecule has 1 fully saturated rings. The Morgan fingerprint density at radius 1 is 1.48 bits per heavy atom. The number of hydrogen-bond acceptors (Lipinski definition) is 4. The van der Waals surface area contributed by atoms with Gasteiger partial charge in [0, 0.05) is 12.6 Å². The Bertz CT molecular complexity index is 512. The van der Waals surface area contributed by atoms with Crippen LogP contribution in [0.15, 0.2) is 18.2 Å². The van der Waals surface area contributed by atoms with E-state index in [9.17, 15) is 9.90 Å². The Kier molecular flexibility index (Phi) is 4.73. The fraction of sp³-hybridized carbons (Fsp3) is 0.562. The summed E-state index contributed by atoms with van der Waals surface area (Å²) >= 11 is 0. The number of para-hydroxylation sites is 1. The molecule has 0 spiro atoms. The van der Waals surface area contributed by atoms with Gasteiger partial charge in [0.25, 0.3) is 5.91 Å². The van der Waals surface area contributed by atoms with Crippen molar-refractivity contribution in [2.24, 2.45) is 0 Å². The van der Waals surface area contributed by atoms with E-state index in [0.29, 0.717) is 6.61 Å². The number of aromatic hydroxyl groups is 1. The summed E-state index contributed by atoms with van der Waals surface area (Å²) in [5.41, 5.74) is 5.92. The van der Waals surface area contributed by atoms with Crippen molar-refractivity contribution < 1.29 is 14.6 Å². The molecule has 0 aromatic heterocycles. The lowest BCUT2D eigenvalue weighted by Gasteiger charge is -2.40. The molecule has 0 radical (unpaired) electrons. The molecule has 5 nitrogen and oxygen atoms in total. The predicted octanol–water partition coefficient (Wildman–Crippen LogP) is 2.44. The molecule has 1 amide bonds. The number of hydrogen-bond donors (Lipinski definition) is 3. The molecule has 0 bridgehead atoms. The summed E-state index contributed by atoms with van der Waals surface area (Å²) in [6.45, 7) is 4.87. The summed E-state index contributed by atoms with van der Waals surface area (Å²) in [5, 5.41) is 12.9. The van der Waals surface area contributed by atoms with E-state index in [-0.39, 0.29) is 34.6 Å². The van der Waals surface area contributed by atoms with Crippen LogP contribution in [-0.4, -0.2) is 29.3 Å². The maximum atomic E-state index is 12.3. The van der Waals surface area contributed by atoms with Crippen LogP contribution >= 0.6 is 0 Å². The molecule has 1 saturated heterocycles. The highest BCUT2D eigenvalue weighted by molar-refractivity contribution is 5.98. The molecule has 21 heavy (non-hydrogen) atoms. The number of carbonyl (C=O) groups excluding carboxylic acids is 1. The summed E-state index contributed by atoms with van der Waals surface area (Å²) < 4.78 is 5.90. The van der Waals surface area contributed by atoms with Gasteiger partial charge in [-0.15, -0.1) is 0 Å². The van der Waals surface area contributed by atoms with Crippen molar-refractivity contribution in [3.63, 3.8) is 0 Å². The molecule has 1 aliphatic heterocycles. The zero-order valence-corrected chi connectivity index (χ0v) is 12.7. The van der Waals surface area contributed by atoms with Crippen molar-refractivity contribution in [2.45, 2.75) is 51.2 Å². The molecule has 5 heteroatoms. The van der Waals surface area contributed by atoms with E-state index in [1.165, 1.54) is 0 Å². The van der Waals surface area contributed by atoms with Crippen molar-refractivity contribution in [2.75, 3.05) is 12.3 Å². The van der Waals surface area contributed by atoms with E-state index in [1.807, 2.05) is 0 Å². The first-order valence-electron chi connectivity index (χ1n) is 7.53. The first kappa shape index (κ1) is 15.6. The largest absolute Gasteiger partial charge is 0.505 e. The minimum absolute atomic E-state index is 0.0620. The summed E-state index contributed by atoms with van der Waals surface area (Å²) in [7, 11) is 0. The number of ether oxygens (including phenoxy) is 1. The number of anilines is 1. The molecule has 1 aromatic rings. The Morgan fingerprint density at radius 2 is 2.19 bits per heavy atom. The van der Waals surface area contributed by atoms with Gasteiger partial charge in [0.05, 0.1) is 16.9 Å². The number of rotatable bonds is 4. The third kappa shape index (κ3) is 3.29. The summed E-state index contributed by atoms with van der Waals surface area (Å²) in [5.74, 6) is -0.438. The van der Waals surface area contributed by atoms with E-state index in [0.717, 1.165) is 25.7 Å². The number of phenols is 1. The second kappa shape index (κ2) is 6.35. The van der Waals surface area contributed by atoms with E-state index >= 15 is 0 Å². The highest BCUT2D eigenvalue weighted by Gasteiger charge is 2.35. The standard InChI is InChI=1S/C16H24N2O3/c1-3-16(4-2)10-11(8-9-21-16)18-15(20)12-6-5-7-13(17)14(12)19/h5-7,11,19H,3-4,8-10,17H2,1-2H3,(H,18,20). The van der Waals surface area contributed by atoms with Gasteiger partial charge in [0.2, 0.25) is 0 Å². The fourth-order valence-electron chi connectivity index (χ4n) is 2.90. The van der Waals surface area contributed by atoms with E-state index < -0.39 is 0 Å². The Morgan fingerprint density at radius 3 is 2.86 bits per heavy atom. The van der Waals surface area contributed by atoms with Gasteiger partial charge in [-0.1, -0.05) is 19.9 Å². The molecule has 1 aromatic carbocycles. The van der Waals surface area contributed by atoms with E-state index in [1.54, 1.807) is 18.2 Å². The Hall–Kier alpha value is -1.75. The number of nitrogen functional groups attached to an aromatic ring is 1. The van der Waals surface area contributed by atoms with Crippen LogP contribution in [0.4, 0.5) is 5.69 Å². The van der Waals surface area contributed by atoms with Crippen LogP contribution in [0.1, 0.15) is 49.9 Å². The highest BCUT2D eigenvalue weighted by atomic mass is 16.5. The van der Waals surface area contributed by atoms with Crippen molar-refractivity contribution in [1.29, 1.82) is 0 Å². The third-order valence-electron chi connectivity index (χ3n) is 4.43. The van der Waals surface area contributed by atoms with Crippen LogP contribution in [0, 0.1) is 0 Å². The number of phenolic OH excluding ortho intramolecular Hbond substituents is 1. The first-order chi connectivity index (χ1) is 10.0. The van der Waals surface area contributed by atoms with Crippen molar-refractivity contribution in [3.8, 4) is 5.75 Å². The molecule has 1 unspecified atom stereocenters. The van der Waals surface area contributed by atoms with E-state index in [4.69, 9.17) is 10.5 Å². The van der Waals surface area contributed by atoms with Crippen LogP contribution in [0.2, 0.25) is 0 Å². The summed E-state index contributed by atoms with van der Waals surface area (Å²) in [6, 6.07) is 4.87. The molecule has 4 N–H and O–H groups in total.